The summed E-state index contributed by atoms with van der Waals surface area (Å²) in [6.07, 6.45) is 0.648. The number of amides is 1. The van der Waals surface area contributed by atoms with Crippen LogP contribution < -0.4 is 21.5 Å². The Morgan fingerprint density at radius 2 is 1.71 bits per heavy atom. The van der Waals surface area contributed by atoms with Crippen molar-refractivity contribution < 1.29 is 9.53 Å². The largest absolute Gasteiger partial charge is 0.488 e. The maximum absolute atomic E-state index is 12.3. The van der Waals surface area contributed by atoms with E-state index in [0.29, 0.717) is 35.4 Å². The summed E-state index contributed by atoms with van der Waals surface area (Å²) in [5.41, 5.74) is 15.5. The number of nitrogens with one attached hydrogen (secondary N) is 1. The van der Waals surface area contributed by atoms with Crippen LogP contribution in [0.5, 0.6) is 5.75 Å². The molecule has 5 N–H and O–H groups in total. The van der Waals surface area contributed by atoms with Crippen LogP contribution in [0.2, 0.25) is 0 Å². The first-order valence-electron chi connectivity index (χ1n) is 9.59. The van der Waals surface area contributed by atoms with Gasteiger partial charge in [0, 0.05) is 34.9 Å². The molecule has 0 saturated heterocycles. The van der Waals surface area contributed by atoms with E-state index in [2.05, 4.69) is 15.3 Å². The van der Waals surface area contributed by atoms with Crippen molar-refractivity contribution in [1.29, 1.82) is 0 Å². The number of hydrogen-bond donors (Lipinski definition) is 3. The molecule has 0 atom stereocenters. The predicted molar refractivity (Wildman–Crippen MR) is 125 cm³/mol. The van der Waals surface area contributed by atoms with Crippen molar-refractivity contribution in [2.24, 2.45) is 0 Å². The lowest BCUT2D eigenvalue weighted by Crippen LogP contribution is -2.25. The Bertz CT molecular complexity index is 1170. The van der Waals surface area contributed by atoms with Crippen molar-refractivity contribution in [3.63, 3.8) is 0 Å². The van der Waals surface area contributed by atoms with Gasteiger partial charge in [-0.25, -0.2) is 9.97 Å². The highest BCUT2D eigenvalue weighted by Gasteiger charge is 2.10. The number of aromatic nitrogens is 2. The van der Waals surface area contributed by atoms with Crippen LogP contribution in [0.25, 0.3) is 11.3 Å². The van der Waals surface area contributed by atoms with Gasteiger partial charge in [-0.05, 0) is 29.8 Å². The van der Waals surface area contributed by atoms with E-state index in [1.807, 2.05) is 47.2 Å². The molecular formula is C22H21N5O2S2. The van der Waals surface area contributed by atoms with E-state index in [1.165, 1.54) is 22.7 Å². The Morgan fingerprint density at radius 3 is 2.42 bits per heavy atom. The van der Waals surface area contributed by atoms with Crippen molar-refractivity contribution in [3.8, 4) is 17.0 Å². The summed E-state index contributed by atoms with van der Waals surface area (Å²) in [7, 11) is 0. The third-order valence-corrected chi connectivity index (χ3v) is 5.93. The molecule has 0 aliphatic carbocycles. The van der Waals surface area contributed by atoms with Crippen LogP contribution in [0.3, 0.4) is 0 Å². The number of ether oxygens (including phenoxy) is 1. The van der Waals surface area contributed by atoms with E-state index in [1.54, 1.807) is 12.1 Å². The molecular weight excluding hydrogens is 430 g/mol. The molecule has 0 bridgehead atoms. The highest BCUT2D eigenvalue weighted by molar-refractivity contribution is 7.14. The Morgan fingerprint density at radius 1 is 0.968 bits per heavy atom. The average molecular weight is 452 g/mol. The Hall–Kier alpha value is -3.43. The van der Waals surface area contributed by atoms with Crippen molar-refractivity contribution in [1.82, 2.24) is 15.3 Å². The normalized spacial score (nSPS) is 10.7. The zero-order valence-electron chi connectivity index (χ0n) is 16.6. The minimum atomic E-state index is -0.123. The maximum Gasteiger partial charge on any atom is 0.251 e. The highest BCUT2D eigenvalue weighted by atomic mass is 32.1. The molecule has 2 aromatic heterocycles. The zero-order chi connectivity index (χ0) is 21.6. The fraction of sp³-hybridized carbons (Fsp3) is 0.136. The van der Waals surface area contributed by atoms with Crippen molar-refractivity contribution in [2.45, 2.75) is 13.0 Å². The molecule has 9 heteroatoms. The number of carbonyl (C=O) groups excluding carboxylic acids is 1. The molecule has 4 rings (SSSR count). The van der Waals surface area contributed by atoms with Gasteiger partial charge in [-0.1, -0.05) is 24.3 Å². The first-order chi connectivity index (χ1) is 15.1. The van der Waals surface area contributed by atoms with Gasteiger partial charge >= 0.3 is 0 Å². The van der Waals surface area contributed by atoms with Gasteiger partial charge in [-0.15, -0.1) is 22.7 Å². The van der Waals surface area contributed by atoms with Crippen molar-refractivity contribution in [2.75, 3.05) is 18.0 Å². The first-order valence-corrected chi connectivity index (χ1v) is 11.3. The number of nitrogen functional groups attached to an aromatic ring is 2. The fourth-order valence-corrected chi connectivity index (χ4v) is 4.13. The van der Waals surface area contributed by atoms with Crippen molar-refractivity contribution in [3.05, 3.63) is 76.1 Å². The number of rotatable bonds is 8. The molecule has 7 nitrogen and oxygen atoms in total. The van der Waals surface area contributed by atoms with Gasteiger partial charge in [0.1, 0.15) is 12.4 Å². The third-order valence-electron chi connectivity index (χ3n) is 4.53. The predicted octanol–water partition coefficient (Wildman–Crippen LogP) is 3.98. The van der Waals surface area contributed by atoms with Crippen LogP contribution in [0.1, 0.15) is 21.6 Å². The minimum Gasteiger partial charge on any atom is -0.488 e. The number of thiazole rings is 2. The summed E-state index contributed by atoms with van der Waals surface area (Å²) >= 11 is 2.79. The van der Waals surface area contributed by atoms with Gasteiger partial charge in [0.25, 0.3) is 5.91 Å². The molecule has 0 aliphatic rings. The van der Waals surface area contributed by atoms with E-state index in [4.69, 9.17) is 16.2 Å². The third kappa shape index (κ3) is 5.39. The van der Waals surface area contributed by atoms with Crippen LogP contribution >= 0.6 is 22.7 Å². The summed E-state index contributed by atoms with van der Waals surface area (Å²) in [6, 6.07) is 15.1. The second-order valence-electron chi connectivity index (χ2n) is 6.74. The number of hydrogen-bond acceptors (Lipinski definition) is 8. The lowest BCUT2D eigenvalue weighted by Gasteiger charge is -2.11. The lowest BCUT2D eigenvalue weighted by atomic mass is 10.1. The smallest absolute Gasteiger partial charge is 0.251 e. The number of anilines is 2. The fourth-order valence-electron chi connectivity index (χ4n) is 2.97. The standard InChI is InChI=1S/C22H21N5O2S2/c23-21-26-16(12-30-21)9-10-25-20(28)15-7-5-14(6-8-15)11-29-19-4-2-1-3-17(19)18-13-31-22(24)27-18/h1-8,12-13H,9-11H2,(H2,23,26)(H2,24,27)(H,25,28). The monoisotopic (exact) mass is 451 g/mol. The quantitative estimate of drug-likeness (QED) is 0.373. The van der Waals surface area contributed by atoms with Gasteiger partial charge in [-0.2, -0.15) is 0 Å². The SMILES string of the molecule is Nc1nc(CCNC(=O)c2ccc(COc3ccccc3-c3csc(N)n3)cc2)cs1. The Kier molecular flexibility index (Phi) is 6.44. The molecule has 0 radical (unpaired) electrons. The van der Waals surface area contributed by atoms with Crippen LogP contribution in [-0.2, 0) is 13.0 Å². The number of carbonyl (C=O) groups is 1. The highest BCUT2D eigenvalue weighted by Crippen LogP contribution is 2.31. The molecule has 0 saturated carbocycles. The van der Waals surface area contributed by atoms with Crippen LogP contribution in [0.15, 0.2) is 59.3 Å². The van der Waals surface area contributed by atoms with Crippen LogP contribution in [0.4, 0.5) is 10.3 Å². The first kappa shape index (κ1) is 20.8. The van der Waals surface area contributed by atoms with Crippen LogP contribution in [0, 0.1) is 0 Å². The maximum atomic E-state index is 12.3. The summed E-state index contributed by atoms with van der Waals surface area (Å²) in [5, 5.41) is 7.77. The lowest BCUT2D eigenvalue weighted by molar-refractivity contribution is 0.0954. The molecule has 0 fully saturated rings. The van der Waals surface area contributed by atoms with E-state index in [0.717, 1.165) is 28.3 Å². The Balaban J connectivity index is 1.32. The summed E-state index contributed by atoms with van der Waals surface area (Å²) < 4.78 is 6.01. The molecule has 2 heterocycles. The van der Waals surface area contributed by atoms with Gasteiger partial charge in [-0.3, -0.25) is 4.79 Å². The van der Waals surface area contributed by atoms with E-state index in [-0.39, 0.29) is 5.91 Å². The number of benzene rings is 2. The zero-order valence-corrected chi connectivity index (χ0v) is 18.2. The number of nitrogens with zero attached hydrogens (tertiary/aromatic N) is 2. The van der Waals surface area contributed by atoms with Gasteiger partial charge < -0.3 is 21.5 Å². The average Bonchev–Trinajstić information content (AvgIpc) is 3.40. The molecule has 31 heavy (non-hydrogen) atoms. The second kappa shape index (κ2) is 9.59. The van der Waals surface area contributed by atoms with Gasteiger partial charge in [0.2, 0.25) is 0 Å². The van der Waals surface area contributed by atoms with Crippen LogP contribution in [-0.4, -0.2) is 22.4 Å². The van der Waals surface area contributed by atoms with E-state index >= 15 is 0 Å². The Labute approximate surface area is 187 Å². The second-order valence-corrected chi connectivity index (χ2v) is 8.52. The summed E-state index contributed by atoms with van der Waals surface area (Å²) in [5.74, 6) is 0.611. The summed E-state index contributed by atoms with van der Waals surface area (Å²) in [4.78, 5) is 20.9. The molecule has 0 unspecified atom stereocenters. The van der Waals surface area contributed by atoms with Crippen molar-refractivity contribution >= 4 is 38.8 Å². The van der Waals surface area contributed by atoms with Gasteiger partial charge in [0.05, 0.1) is 11.4 Å². The topological polar surface area (TPSA) is 116 Å². The van der Waals surface area contributed by atoms with E-state index < -0.39 is 0 Å². The molecule has 4 aromatic rings. The molecule has 0 aliphatic heterocycles. The molecule has 1 amide bonds. The number of para-hydroxylation sites is 1. The number of nitrogens with two attached hydrogens (primary N) is 2. The molecule has 2 aromatic carbocycles. The van der Waals surface area contributed by atoms with Gasteiger partial charge in [0.15, 0.2) is 10.3 Å². The summed E-state index contributed by atoms with van der Waals surface area (Å²) in [6.45, 7) is 0.883. The molecule has 0 spiro atoms. The van der Waals surface area contributed by atoms with E-state index in [9.17, 15) is 4.79 Å². The minimum absolute atomic E-state index is 0.123. The molecule has 158 valence electrons.